The molecule has 2 aromatic carbocycles. The molecule has 9 heteroatoms. The van der Waals surface area contributed by atoms with Crippen molar-refractivity contribution < 1.29 is 32.6 Å². The first-order chi connectivity index (χ1) is 12.7. The molecule has 144 valence electrons. The summed E-state index contributed by atoms with van der Waals surface area (Å²) in [5, 5.41) is 11.4. The number of benzene rings is 2. The number of nitrogens with one attached hydrogen (secondary N) is 1. The van der Waals surface area contributed by atoms with Crippen LogP contribution in [-0.2, 0) is 22.3 Å². The number of carboxylic acid groups (broad SMARTS) is 1. The molecule has 2 N–H and O–H groups in total. The van der Waals surface area contributed by atoms with Crippen LogP contribution in [0.3, 0.4) is 0 Å². The van der Waals surface area contributed by atoms with E-state index in [4.69, 9.17) is 9.84 Å². The molecule has 2 rings (SSSR count). The number of carbonyl (C=O) groups is 2. The van der Waals surface area contributed by atoms with Crippen LogP contribution in [0.5, 0.6) is 0 Å². The maximum Gasteiger partial charge on any atom is 0.416 e. The molecule has 0 unspecified atom stereocenters. The van der Waals surface area contributed by atoms with Crippen molar-refractivity contribution in [2.45, 2.75) is 25.2 Å². The van der Waals surface area contributed by atoms with Crippen molar-refractivity contribution in [3.63, 3.8) is 0 Å². The van der Waals surface area contributed by atoms with Crippen molar-refractivity contribution in [3.8, 4) is 0 Å². The van der Waals surface area contributed by atoms with Gasteiger partial charge in [-0.05, 0) is 29.3 Å². The van der Waals surface area contributed by atoms with Crippen LogP contribution in [0.4, 0.5) is 18.0 Å². The summed E-state index contributed by atoms with van der Waals surface area (Å²) in [6.45, 7) is -0.0593. The highest BCUT2D eigenvalue weighted by Gasteiger charge is 2.32. The molecule has 2 aromatic rings. The Balaban J connectivity index is 2.17. The minimum atomic E-state index is -4.60. The third-order valence-electron chi connectivity index (χ3n) is 3.58. The summed E-state index contributed by atoms with van der Waals surface area (Å²) in [4.78, 5) is 23.1. The summed E-state index contributed by atoms with van der Waals surface area (Å²) in [5.74, 6) is -1.28. The number of carbonyl (C=O) groups excluding carboxylic acids is 1. The predicted octanol–water partition coefficient (Wildman–Crippen LogP) is 4.91. The summed E-state index contributed by atoms with van der Waals surface area (Å²) in [7, 11) is 0. The fourth-order valence-corrected chi connectivity index (χ4v) is 2.83. The highest BCUT2D eigenvalue weighted by molar-refractivity contribution is 9.10. The average Bonchev–Trinajstić information content (AvgIpc) is 2.59. The van der Waals surface area contributed by atoms with Gasteiger partial charge in [-0.1, -0.05) is 46.3 Å². The number of aliphatic carboxylic acids is 1. The average molecular weight is 446 g/mol. The molecule has 1 amide bonds. The smallest absolute Gasteiger partial charge is 0.416 e. The van der Waals surface area contributed by atoms with Crippen LogP contribution in [0.15, 0.2) is 53.0 Å². The number of amides is 1. The molecule has 0 saturated carbocycles. The van der Waals surface area contributed by atoms with E-state index in [1.54, 1.807) is 30.3 Å². The molecule has 0 saturated heterocycles. The zero-order valence-electron chi connectivity index (χ0n) is 13.8. The lowest BCUT2D eigenvalue weighted by atomic mass is 10.0. The number of alkyl halides is 3. The molecule has 0 radical (unpaired) electrons. The zero-order chi connectivity index (χ0) is 20.0. The Bertz CT molecular complexity index is 812. The van der Waals surface area contributed by atoms with E-state index in [2.05, 4.69) is 21.2 Å². The number of hydrogen-bond donors (Lipinski definition) is 2. The van der Waals surface area contributed by atoms with Crippen LogP contribution in [0.2, 0.25) is 0 Å². The Morgan fingerprint density at radius 2 is 1.81 bits per heavy atom. The molecule has 1 atom stereocenters. The monoisotopic (exact) mass is 445 g/mol. The van der Waals surface area contributed by atoms with Gasteiger partial charge in [0.15, 0.2) is 0 Å². The molecule has 0 bridgehead atoms. The van der Waals surface area contributed by atoms with E-state index in [0.29, 0.717) is 5.56 Å². The van der Waals surface area contributed by atoms with Gasteiger partial charge in [0.25, 0.3) is 0 Å². The van der Waals surface area contributed by atoms with Crippen molar-refractivity contribution in [2.24, 2.45) is 0 Å². The van der Waals surface area contributed by atoms with Gasteiger partial charge in [0.2, 0.25) is 0 Å². The van der Waals surface area contributed by atoms with Crippen molar-refractivity contribution >= 4 is 28.0 Å². The first-order valence-electron chi connectivity index (χ1n) is 7.72. The van der Waals surface area contributed by atoms with Gasteiger partial charge in [-0.3, -0.25) is 4.79 Å². The fourth-order valence-electron chi connectivity index (χ4n) is 2.31. The van der Waals surface area contributed by atoms with Gasteiger partial charge in [0.1, 0.15) is 6.61 Å². The fraction of sp³-hybridized carbons (Fsp3) is 0.222. The van der Waals surface area contributed by atoms with Gasteiger partial charge >= 0.3 is 18.2 Å². The van der Waals surface area contributed by atoms with E-state index >= 15 is 0 Å². The number of carboxylic acids is 1. The Kier molecular flexibility index (Phi) is 6.84. The minimum absolute atomic E-state index is 0.0103. The normalized spacial score (nSPS) is 12.3. The maximum atomic E-state index is 13.0. The second kappa shape index (κ2) is 8.90. The zero-order valence-corrected chi connectivity index (χ0v) is 15.4. The van der Waals surface area contributed by atoms with Crippen LogP contribution in [0, 0.1) is 0 Å². The summed E-state index contributed by atoms with van der Waals surface area (Å²) in [5.41, 5.74) is -0.248. The second-order valence-corrected chi connectivity index (χ2v) is 6.44. The van der Waals surface area contributed by atoms with Crippen LogP contribution in [0.25, 0.3) is 0 Å². The largest absolute Gasteiger partial charge is 0.481 e. The van der Waals surface area contributed by atoms with Crippen molar-refractivity contribution in [1.82, 2.24) is 5.32 Å². The third-order valence-corrected chi connectivity index (χ3v) is 4.30. The molecular formula is C18H15BrF3NO4. The summed E-state index contributed by atoms with van der Waals surface area (Å²) in [6.07, 6.45) is -6.15. The Labute approximate surface area is 161 Å². The molecule has 27 heavy (non-hydrogen) atoms. The number of halogens is 4. The predicted molar refractivity (Wildman–Crippen MR) is 93.9 cm³/mol. The van der Waals surface area contributed by atoms with Gasteiger partial charge in [-0.2, -0.15) is 13.2 Å². The third kappa shape index (κ3) is 6.28. The van der Waals surface area contributed by atoms with Gasteiger partial charge in [-0.25, -0.2) is 4.79 Å². The first kappa shape index (κ1) is 20.8. The highest BCUT2D eigenvalue weighted by atomic mass is 79.9. The Hall–Kier alpha value is -2.55. The van der Waals surface area contributed by atoms with E-state index < -0.39 is 36.3 Å². The van der Waals surface area contributed by atoms with E-state index in [-0.39, 0.29) is 16.6 Å². The van der Waals surface area contributed by atoms with Crippen LogP contribution >= 0.6 is 15.9 Å². The quantitative estimate of drug-likeness (QED) is 0.662. The molecule has 0 fully saturated rings. The van der Waals surface area contributed by atoms with Gasteiger partial charge < -0.3 is 15.2 Å². The lowest BCUT2D eigenvalue weighted by Crippen LogP contribution is -2.31. The van der Waals surface area contributed by atoms with Crippen molar-refractivity contribution in [3.05, 3.63) is 69.7 Å². The van der Waals surface area contributed by atoms with Crippen molar-refractivity contribution in [1.29, 1.82) is 0 Å². The second-order valence-electron chi connectivity index (χ2n) is 5.59. The summed E-state index contributed by atoms with van der Waals surface area (Å²) in [6, 6.07) is 10.4. The van der Waals surface area contributed by atoms with Crippen LogP contribution < -0.4 is 5.32 Å². The molecule has 0 aliphatic carbocycles. The van der Waals surface area contributed by atoms with Gasteiger partial charge in [0.05, 0.1) is 18.0 Å². The standard InChI is InChI=1S/C18H15BrF3NO4/c19-14-7-6-12(18(20,21)22)8-13(14)15(9-16(24)25)23-17(26)27-10-11-4-2-1-3-5-11/h1-8,15H,9-10H2,(H,23,26)(H,24,25)/t15-/m1/s1. The van der Waals surface area contributed by atoms with Crippen LogP contribution in [0.1, 0.15) is 29.2 Å². The number of alkyl carbamates (subject to hydrolysis) is 1. The van der Waals surface area contributed by atoms with E-state index in [1.807, 2.05) is 0 Å². The highest BCUT2D eigenvalue weighted by Crippen LogP contribution is 2.34. The topological polar surface area (TPSA) is 75.6 Å². The number of hydrogen-bond acceptors (Lipinski definition) is 3. The molecule has 0 aliphatic rings. The molecule has 0 heterocycles. The lowest BCUT2D eigenvalue weighted by molar-refractivity contribution is -0.138. The maximum absolute atomic E-state index is 13.0. The van der Waals surface area contributed by atoms with Gasteiger partial charge in [-0.15, -0.1) is 0 Å². The van der Waals surface area contributed by atoms with Crippen molar-refractivity contribution in [2.75, 3.05) is 0 Å². The first-order valence-corrected chi connectivity index (χ1v) is 8.52. The van der Waals surface area contributed by atoms with E-state index in [9.17, 15) is 22.8 Å². The summed E-state index contributed by atoms with van der Waals surface area (Å²) >= 11 is 3.10. The molecule has 0 aromatic heterocycles. The lowest BCUT2D eigenvalue weighted by Gasteiger charge is -2.20. The number of ether oxygens (including phenoxy) is 1. The van der Waals surface area contributed by atoms with Crippen LogP contribution in [-0.4, -0.2) is 17.2 Å². The minimum Gasteiger partial charge on any atom is -0.481 e. The molecular weight excluding hydrogens is 431 g/mol. The molecule has 0 spiro atoms. The molecule has 0 aliphatic heterocycles. The molecule has 5 nitrogen and oxygen atoms in total. The Morgan fingerprint density at radius 1 is 1.15 bits per heavy atom. The number of rotatable bonds is 6. The summed E-state index contributed by atoms with van der Waals surface area (Å²) < 4.78 is 44.1. The Morgan fingerprint density at radius 3 is 2.41 bits per heavy atom. The van der Waals surface area contributed by atoms with Gasteiger partial charge in [0, 0.05) is 4.47 Å². The SMILES string of the molecule is O=C(O)C[C@@H](NC(=O)OCc1ccccc1)c1cc(C(F)(F)F)ccc1Br. The van der Waals surface area contributed by atoms with E-state index in [0.717, 1.165) is 18.2 Å². The van der Waals surface area contributed by atoms with E-state index in [1.165, 1.54) is 0 Å².